The summed E-state index contributed by atoms with van der Waals surface area (Å²) in [7, 11) is 0. The number of rotatable bonds is 6. The second-order valence-electron chi connectivity index (χ2n) is 6.06. The summed E-state index contributed by atoms with van der Waals surface area (Å²) in [5, 5.41) is 6.58. The summed E-state index contributed by atoms with van der Waals surface area (Å²) < 4.78 is 5.03. The lowest BCUT2D eigenvalue weighted by Crippen LogP contribution is -2.18. The number of para-hydroxylation sites is 1. The highest BCUT2D eigenvalue weighted by Crippen LogP contribution is 2.25. The number of carbonyl (C=O) groups is 2. The second-order valence-corrected chi connectivity index (χ2v) is 6.06. The van der Waals surface area contributed by atoms with Gasteiger partial charge < -0.3 is 20.4 Å². The number of hydrogen-bond acceptors (Lipinski definition) is 5. The second kappa shape index (κ2) is 8.39. The molecule has 1 aromatic heterocycles. The first-order chi connectivity index (χ1) is 13.5. The van der Waals surface area contributed by atoms with E-state index in [9.17, 15) is 14.4 Å². The Labute approximate surface area is 161 Å². The molecule has 0 bridgehead atoms. The van der Waals surface area contributed by atoms with E-state index in [2.05, 4.69) is 15.6 Å². The fourth-order valence-corrected chi connectivity index (χ4v) is 2.92. The van der Waals surface area contributed by atoms with Crippen LogP contribution in [0.5, 0.6) is 0 Å². The van der Waals surface area contributed by atoms with Crippen molar-refractivity contribution >= 4 is 34.2 Å². The Morgan fingerprint density at radius 2 is 1.82 bits per heavy atom. The first-order valence-corrected chi connectivity index (χ1v) is 9.02. The van der Waals surface area contributed by atoms with Gasteiger partial charge in [0.25, 0.3) is 5.91 Å². The van der Waals surface area contributed by atoms with Gasteiger partial charge >= 0.3 is 5.97 Å². The number of fused-ring (bicyclic) bond motifs is 1. The third-order valence-electron chi connectivity index (χ3n) is 4.14. The zero-order valence-corrected chi connectivity index (χ0v) is 15.7. The zero-order valence-electron chi connectivity index (χ0n) is 15.7. The Morgan fingerprint density at radius 1 is 1.04 bits per heavy atom. The van der Waals surface area contributed by atoms with Crippen LogP contribution >= 0.6 is 0 Å². The predicted octanol–water partition coefficient (Wildman–Crippen LogP) is 3.39. The van der Waals surface area contributed by atoms with Gasteiger partial charge in [0.1, 0.15) is 0 Å². The number of aromatic nitrogens is 1. The molecular weight excluding hydrogens is 358 g/mol. The Bertz CT molecular complexity index is 1090. The van der Waals surface area contributed by atoms with Crippen molar-refractivity contribution in [2.24, 2.45) is 0 Å². The average molecular weight is 379 g/mol. The first kappa shape index (κ1) is 19.2. The molecule has 0 saturated heterocycles. The van der Waals surface area contributed by atoms with Gasteiger partial charge in [-0.1, -0.05) is 18.2 Å². The van der Waals surface area contributed by atoms with Crippen molar-refractivity contribution in [2.75, 3.05) is 23.8 Å². The lowest BCUT2D eigenvalue weighted by Gasteiger charge is -2.14. The van der Waals surface area contributed by atoms with Gasteiger partial charge in [-0.3, -0.25) is 9.59 Å². The molecule has 3 aromatic rings. The molecule has 144 valence electrons. The van der Waals surface area contributed by atoms with Crippen molar-refractivity contribution in [1.82, 2.24) is 4.98 Å². The molecule has 0 aliphatic carbocycles. The average Bonchev–Trinajstić information content (AvgIpc) is 2.68. The molecule has 0 radical (unpaired) electrons. The Balaban J connectivity index is 2.00. The van der Waals surface area contributed by atoms with E-state index in [4.69, 9.17) is 4.74 Å². The summed E-state index contributed by atoms with van der Waals surface area (Å²) in [5.41, 5.74) is 1.89. The van der Waals surface area contributed by atoms with Gasteiger partial charge in [-0.05, 0) is 38.1 Å². The standard InChI is InChI=1S/C21H21N3O4/c1-3-22-17-10-9-13(21(27)28-4-2)11-18(17)24-20(26)15-12-19(25)23-16-8-6-5-7-14(15)16/h5-12,22H,3-4H2,1-2H3,(H,23,25)(H,24,26). The fourth-order valence-electron chi connectivity index (χ4n) is 2.92. The summed E-state index contributed by atoms with van der Waals surface area (Å²) in [6.07, 6.45) is 0. The number of amides is 1. The molecule has 3 rings (SSSR count). The van der Waals surface area contributed by atoms with Crippen molar-refractivity contribution in [1.29, 1.82) is 0 Å². The maximum absolute atomic E-state index is 12.9. The number of benzene rings is 2. The largest absolute Gasteiger partial charge is 0.462 e. The Morgan fingerprint density at radius 3 is 2.57 bits per heavy atom. The fraction of sp³-hybridized carbons (Fsp3) is 0.190. The van der Waals surface area contributed by atoms with E-state index in [1.807, 2.05) is 6.92 Å². The van der Waals surface area contributed by atoms with Gasteiger partial charge in [0.2, 0.25) is 5.56 Å². The number of nitrogens with one attached hydrogen (secondary N) is 3. The number of anilines is 2. The van der Waals surface area contributed by atoms with E-state index in [0.717, 1.165) is 0 Å². The van der Waals surface area contributed by atoms with Crippen molar-refractivity contribution < 1.29 is 14.3 Å². The molecule has 0 saturated carbocycles. The van der Waals surface area contributed by atoms with E-state index in [-0.39, 0.29) is 17.7 Å². The van der Waals surface area contributed by atoms with Gasteiger partial charge in [0.05, 0.1) is 29.1 Å². The van der Waals surface area contributed by atoms with Crippen LogP contribution in [-0.2, 0) is 4.74 Å². The normalized spacial score (nSPS) is 10.5. The lowest BCUT2D eigenvalue weighted by molar-refractivity contribution is 0.0526. The van der Waals surface area contributed by atoms with Crippen molar-refractivity contribution in [3.05, 3.63) is 70.0 Å². The Hall–Kier alpha value is -3.61. The van der Waals surface area contributed by atoms with Gasteiger partial charge in [0, 0.05) is 23.5 Å². The third kappa shape index (κ3) is 4.03. The zero-order chi connectivity index (χ0) is 20.1. The smallest absolute Gasteiger partial charge is 0.338 e. The molecule has 0 spiro atoms. The topological polar surface area (TPSA) is 100 Å². The van der Waals surface area contributed by atoms with Crippen molar-refractivity contribution in [2.45, 2.75) is 13.8 Å². The van der Waals surface area contributed by atoms with Crippen LogP contribution in [0.3, 0.4) is 0 Å². The molecule has 0 atom stereocenters. The predicted molar refractivity (Wildman–Crippen MR) is 109 cm³/mol. The molecular formula is C21H21N3O4. The number of carbonyl (C=O) groups excluding carboxylic acids is 2. The van der Waals surface area contributed by atoms with E-state index in [1.54, 1.807) is 49.4 Å². The molecule has 1 heterocycles. The van der Waals surface area contributed by atoms with Crippen molar-refractivity contribution in [3.8, 4) is 0 Å². The van der Waals surface area contributed by atoms with Gasteiger partial charge in [-0.15, -0.1) is 0 Å². The summed E-state index contributed by atoms with van der Waals surface area (Å²) in [5.74, 6) is -0.912. The molecule has 7 nitrogen and oxygen atoms in total. The monoisotopic (exact) mass is 379 g/mol. The summed E-state index contributed by atoms with van der Waals surface area (Å²) >= 11 is 0. The van der Waals surface area contributed by atoms with Crippen LogP contribution in [0.15, 0.2) is 53.3 Å². The van der Waals surface area contributed by atoms with E-state index in [0.29, 0.717) is 34.4 Å². The molecule has 7 heteroatoms. The van der Waals surface area contributed by atoms with Crippen LogP contribution in [0.25, 0.3) is 10.9 Å². The van der Waals surface area contributed by atoms with E-state index >= 15 is 0 Å². The van der Waals surface area contributed by atoms with Gasteiger partial charge in [0.15, 0.2) is 0 Å². The number of H-pyrrole nitrogens is 1. The van der Waals surface area contributed by atoms with Crippen molar-refractivity contribution in [3.63, 3.8) is 0 Å². The number of pyridine rings is 1. The summed E-state index contributed by atoms with van der Waals surface area (Å²) in [6.45, 7) is 4.55. The lowest BCUT2D eigenvalue weighted by atomic mass is 10.1. The van der Waals surface area contributed by atoms with Crippen LogP contribution in [0, 0.1) is 0 Å². The van der Waals surface area contributed by atoms with Crippen LogP contribution < -0.4 is 16.2 Å². The highest BCUT2D eigenvalue weighted by molar-refractivity contribution is 6.13. The molecule has 0 unspecified atom stereocenters. The van der Waals surface area contributed by atoms with Gasteiger partial charge in [-0.25, -0.2) is 4.79 Å². The highest BCUT2D eigenvalue weighted by Gasteiger charge is 2.16. The minimum absolute atomic E-state index is 0.253. The summed E-state index contributed by atoms with van der Waals surface area (Å²) in [4.78, 5) is 39.6. The maximum atomic E-state index is 12.9. The Kier molecular flexibility index (Phi) is 5.74. The third-order valence-corrected chi connectivity index (χ3v) is 4.14. The van der Waals surface area contributed by atoms with Crippen LogP contribution in [0.4, 0.5) is 11.4 Å². The molecule has 1 amide bonds. The molecule has 0 aliphatic rings. The first-order valence-electron chi connectivity index (χ1n) is 9.02. The van der Waals surface area contributed by atoms with Crippen LogP contribution in [0.1, 0.15) is 34.6 Å². The number of ether oxygens (including phenoxy) is 1. The van der Waals surface area contributed by atoms with Gasteiger partial charge in [-0.2, -0.15) is 0 Å². The molecule has 0 aliphatic heterocycles. The van der Waals surface area contributed by atoms with Crippen LogP contribution in [0.2, 0.25) is 0 Å². The van der Waals surface area contributed by atoms with E-state index < -0.39 is 11.9 Å². The number of hydrogen-bond donors (Lipinski definition) is 3. The van der Waals surface area contributed by atoms with E-state index in [1.165, 1.54) is 6.07 Å². The quantitative estimate of drug-likeness (QED) is 0.570. The highest BCUT2D eigenvalue weighted by atomic mass is 16.5. The molecule has 3 N–H and O–H groups in total. The minimum atomic E-state index is -0.470. The van der Waals surface area contributed by atoms with Crippen LogP contribution in [-0.4, -0.2) is 30.0 Å². The SMILES string of the molecule is CCNc1ccc(C(=O)OCC)cc1NC(=O)c1cc(=O)[nH]c2ccccc12. The molecule has 2 aromatic carbocycles. The minimum Gasteiger partial charge on any atom is -0.462 e. The maximum Gasteiger partial charge on any atom is 0.338 e. The summed E-state index contributed by atoms with van der Waals surface area (Å²) in [6, 6.07) is 13.2. The number of esters is 1. The molecule has 0 fully saturated rings. The molecule has 28 heavy (non-hydrogen) atoms. The number of aromatic amines is 1.